The first-order valence-electron chi connectivity index (χ1n) is 5.93. The van der Waals surface area contributed by atoms with Crippen LogP contribution in [0, 0.1) is 0 Å². The molecule has 7 heavy (non-hydrogen) atoms. The number of aliphatic carboxylic acids is 1. The van der Waals surface area contributed by atoms with Gasteiger partial charge in [-0.15, -0.1) is 0 Å². The molecule has 0 aromatic rings. The van der Waals surface area contributed by atoms with Crippen molar-refractivity contribution in [3.8, 4) is 0 Å². The van der Waals surface area contributed by atoms with Crippen molar-refractivity contribution >= 4 is 5.97 Å². The minimum atomic E-state index is -3.70. The van der Waals surface area contributed by atoms with Gasteiger partial charge in [0.25, 0.3) is 0 Å². The van der Waals surface area contributed by atoms with Crippen LogP contribution in [0.2, 0.25) is 0 Å². The predicted molar refractivity (Wildman–Crippen MR) is 27.2 cm³/mol. The monoisotopic (exact) mass is 111 g/mol. The van der Waals surface area contributed by atoms with Gasteiger partial charge in [0.2, 0.25) is 0 Å². The van der Waals surface area contributed by atoms with Gasteiger partial charge in [-0.3, -0.25) is 4.79 Å². The molecule has 42 valence electrons. The van der Waals surface area contributed by atoms with Crippen molar-refractivity contribution in [2.24, 2.45) is 0 Å². The number of carbonyl (C=O) groups is 1. The molecule has 0 amide bonds. The van der Waals surface area contributed by atoms with Crippen LogP contribution < -0.4 is 0 Å². The molecule has 0 aliphatic rings. The quantitative estimate of drug-likeness (QED) is 0.595. The molecule has 2 heteroatoms. The normalized spacial score (nSPS) is 35.7. The number of carboxylic acids is 1. The van der Waals surface area contributed by atoms with Crippen molar-refractivity contribution < 1.29 is 22.2 Å². The van der Waals surface area contributed by atoms with Gasteiger partial charge in [0, 0.05) is 18.7 Å². The molecule has 0 aromatic carbocycles. The lowest BCUT2D eigenvalue weighted by Crippen LogP contribution is -1.91. The van der Waals surface area contributed by atoms with Gasteiger partial charge in [-0.25, -0.2) is 0 Å². The predicted octanol–water partition coefficient (Wildman–Crippen LogP) is 1.26. The van der Waals surface area contributed by atoms with Gasteiger partial charge in [-0.1, -0.05) is 13.2 Å². The average molecular weight is 111 g/mol. The Kier molecular flexibility index (Phi) is 0.482. The van der Waals surface area contributed by atoms with Crippen molar-refractivity contribution in [1.29, 1.82) is 0 Å². The average Bonchev–Trinajstić information content (AvgIpc) is 2.00. The maximum atomic E-state index is 10.5. The molecule has 2 nitrogen and oxygen atoms in total. The Labute approximate surface area is 55.8 Å². The number of carboxylic acid groups (broad SMARTS) is 1. The third-order valence-corrected chi connectivity index (χ3v) is 0.232. The van der Waals surface area contributed by atoms with Crippen LogP contribution in [0.4, 0.5) is 0 Å². The molecule has 0 unspecified atom stereocenters. The van der Waals surface area contributed by atoms with E-state index in [-0.39, 0.29) is 0 Å². The van der Waals surface area contributed by atoms with Gasteiger partial charge >= 0.3 is 5.97 Å². The minimum Gasteiger partial charge on any atom is -0.481 e. The summed E-state index contributed by atoms with van der Waals surface area (Å²) in [5.41, 5.74) is 0. The van der Waals surface area contributed by atoms with Crippen molar-refractivity contribution in [2.75, 3.05) is 0 Å². The molecule has 0 rings (SSSR count). The van der Waals surface area contributed by atoms with Crippen molar-refractivity contribution in [2.45, 2.75) is 26.0 Å². The smallest absolute Gasteiger partial charge is 0.303 e. The van der Waals surface area contributed by atoms with Crippen LogP contribution in [-0.4, -0.2) is 11.1 Å². The highest BCUT2D eigenvalue weighted by Crippen LogP contribution is 1.91. The van der Waals surface area contributed by atoms with Crippen LogP contribution >= 0.6 is 0 Å². The fraction of sp³-hybridized carbons (Fsp3) is 0.800. The van der Waals surface area contributed by atoms with E-state index in [0.29, 0.717) is 0 Å². The topological polar surface area (TPSA) is 37.3 Å². The van der Waals surface area contributed by atoms with E-state index in [2.05, 4.69) is 0 Å². The third-order valence-electron chi connectivity index (χ3n) is 0.232. The summed E-state index contributed by atoms with van der Waals surface area (Å²) in [4.78, 5) is 10.5. The molecule has 0 spiro atoms. The van der Waals surface area contributed by atoms with E-state index in [4.69, 9.17) is 17.4 Å². The summed E-state index contributed by atoms with van der Waals surface area (Å²) in [6.07, 6.45) is -11.0. The lowest BCUT2D eigenvalue weighted by Gasteiger charge is -1.85. The summed E-state index contributed by atoms with van der Waals surface area (Å²) in [6.45, 7) is -3.47. The Hall–Kier alpha value is -0.530. The summed E-state index contributed by atoms with van der Waals surface area (Å²) in [5, 5.41) is 8.44. The molecule has 1 N–H and O–H groups in total. The lowest BCUT2D eigenvalue weighted by molar-refractivity contribution is -0.137. The SMILES string of the molecule is [2H]C([2H])([2H])C([2H])([2H])C([2H])([2H])C([2H])([2H])C(=O)O. The summed E-state index contributed by atoms with van der Waals surface area (Å²) in [7, 11) is 0. The number of rotatable bonds is 3. The van der Waals surface area contributed by atoms with Crippen molar-refractivity contribution in [3.05, 3.63) is 0 Å². The zero-order valence-electron chi connectivity index (χ0n) is 12.4. The first-order chi connectivity index (χ1) is 6.69. The molecule has 0 saturated heterocycles. The molecule has 0 radical (unpaired) electrons. The van der Waals surface area contributed by atoms with E-state index in [1.807, 2.05) is 0 Å². The Morgan fingerprint density at radius 2 is 2.86 bits per heavy atom. The third kappa shape index (κ3) is 5.47. The van der Waals surface area contributed by atoms with Crippen LogP contribution in [-0.2, 0) is 4.79 Å². The molecule has 0 bridgehead atoms. The fourth-order valence-electron chi connectivity index (χ4n) is 0.0847. The summed E-state index contributed by atoms with van der Waals surface area (Å²) < 4.78 is 62.5. The van der Waals surface area contributed by atoms with Gasteiger partial charge in [-0.05, 0) is 6.37 Å². The van der Waals surface area contributed by atoms with Crippen LogP contribution in [0.1, 0.15) is 38.3 Å². The van der Waals surface area contributed by atoms with Crippen LogP contribution in [0.25, 0.3) is 0 Å². The summed E-state index contributed by atoms with van der Waals surface area (Å²) in [5.74, 6) is -2.26. The summed E-state index contributed by atoms with van der Waals surface area (Å²) in [6, 6.07) is 0. The van der Waals surface area contributed by atoms with Gasteiger partial charge < -0.3 is 5.11 Å². The maximum absolute atomic E-state index is 10.5. The first-order valence-corrected chi connectivity index (χ1v) is 1.43. The number of hydrogen-bond acceptors (Lipinski definition) is 1. The van der Waals surface area contributed by atoms with Gasteiger partial charge in [0.15, 0.2) is 0 Å². The molecule has 0 aromatic heterocycles. The molecular formula is C5H10O2. The van der Waals surface area contributed by atoms with E-state index < -0.39 is 31.9 Å². The second-order valence-electron chi connectivity index (χ2n) is 0.680. The molecular weight excluding hydrogens is 92.1 g/mol. The van der Waals surface area contributed by atoms with E-state index in [1.54, 1.807) is 0 Å². The molecule has 0 aliphatic heterocycles. The van der Waals surface area contributed by atoms with Crippen molar-refractivity contribution in [1.82, 2.24) is 0 Å². The van der Waals surface area contributed by atoms with Gasteiger partial charge in [-0.2, -0.15) is 0 Å². The largest absolute Gasteiger partial charge is 0.481 e. The highest BCUT2D eigenvalue weighted by molar-refractivity contribution is 5.66. The van der Waals surface area contributed by atoms with Gasteiger partial charge in [0.1, 0.15) is 0 Å². The second-order valence-corrected chi connectivity index (χ2v) is 0.680. The first kappa shape index (κ1) is 0.925. The zero-order valence-corrected chi connectivity index (χ0v) is 3.36. The Morgan fingerprint density at radius 3 is 3.29 bits per heavy atom. The molecule has 0 fully saturated rings. The van der Waals surface area contributed by atoms with Crippen LogP contribution in [0.5, 0.6) is 0 Å². The van der Waals surface area contributed by atoms with Gasteiger partial charge in [0.05, 0.1) is 0 Å². The Bertz CT molecular complexity index is 291. The zero-order chi connectivity index (χ0) is 13.6. The lowest BCUT2D eigenvalue weighted by atomic mass is 10.3. The van der Waals surface area contributed by atoms with Crippen LogP contribution in [0.15, 0.2) is 0 Å². The van der Waals surface area contributed by atoms with Crippen LogP contribution in [0.3, 0.4) is 0 Å². The van der Waals surface area contributed by atoms with E-state index in [9.17, 15) is 4.79 Å². The highest BCUT2D eigenvalue weighted by atomic mass is 16.4. The standard InChI is InChI=1S/C5H10O2/c1-2-3-4-5(6)7/h2-4H2,1H3,(H,6,7)/i1D3,2D2,3D2,4D2. The Balaban J connectivity index is 5.62. The molecule has 0 atom stereocenters. The fourth-order valence-corrected chi connectivity index (χ4v) is 0.0847. The van der Waals surface area contributed by atoms with E-state index in [0.717, 1.165) is 0 Å². The Morgan fingerprint density at radius 1 is 2.14 bits per heavy atom. The summed E-state index contributed by atoms with van der Waals surface area (Å²) >= 11 is 0. The maximum Gasteiger partial charge on any atom is 0.303 e. The molecule has 0 heterocycles. The molecule has 0 saturated carbocycles. The van der Waals surface area contributed by atoms with E-state index >= 15 is 0 Å². The minimum absolute atomic E-state index is 2.26. The van der Waals surface area contributed by atoms with E-state index in [1.165, 1.54) is 0 Å². The van der Waals surface area contributed by atoms with Crippen molar-refractivity contribution in [3.63, 3.8) is 0 Å². The number of hydrogen-bond donors (Lipinski definition) is 1. The molecule has 0 aliphatic carbocycles. The highest BCUT2D eigenvalue weighted by Gasteiger charge is 1.90. The second kappa shape index (κ2) is 3.65.